The van der Waals surface area contributed by atoms with Crippen LogP contribution in [0, 0.1) is 0 Å². The summed E-state index contributed by atoms with van der Waals surface area (Å²) >= 11 is 0. The van der Waals surface area contributed by atoms with Crippen LogP contribution in [0.4, 0.5) is 0 Å². The summed E-state index contributed by atoms with van der Waals surface area (Å²) in [4.78, 5) is 0.0833. The summed E-state index contributed by atoms with van der Waals surface area (Å²) in [6.07, 6.45) is 1.52. The summed E-state index contributed by atoms with van der Waals surface area (Å²) in [5, 5.41) is 0. The third-order valence-corrected chi connectivity index (χ3v) is 5.05. The van der Waals surface area contributed by atoms with E-state index in [4.69, 9.17) is 9.15 Å². The van der Waals surface area contributed by atoms with Gasteiger partial charge in [-0.05, 0) is 29.8 Å². The maximum absolute atomic E-state index is 12.9. The van der Waals surface area contributed by atoms with Gasteiger partial charge in [-0.1, -0.05) is 42.5 Å². The highest BCUT2D eigenvalue weighted by Crippen LogP contribution is 2.28. The Balaban J connectivity index is 2.01. The fourth-order valence-electron chi connectivity index (χ4n) is 2.45. The average molecular weight is 343 g/mol. The second-order valence-electron chi connectivity index (χ2n) is 5.13. The third-order valence-electron chi connectivity index (χ3n) is 3.59. The number of furan rings is 1. The molecule has 3 aromatic rings. The molecule has 1 N–H and O–H groups in total. The van der Waals surface area contributed by atoms with Gasteiger partial charge in [0.05, 0.1) is 13.4 Å². The molecule has 0 spiro atoms. The number of methoxy groups -OCH3 is 1. The van der Waals surface area contributed by atoms with Crippen molar-refractivity contribution in [2.75, 3.05) is 7.11 Å². The number of ether oxygens (including phenoxy) is 1. The van der Waals surface area contributed by atoms with Gasteiger partial charge in [0.25, 0.3) is 0 Å². The molecule has 3 rings (SSSR count). The molecule has 0 fully saturated rings. The molecule has 124 valence electrons. The van der Waals surface area contributed by atoms with Gasteiger partial charge in [-0.3, -0.25) is 0 Å². The van der Waals surface area contributed by atoms with E-state index in [1.54, 1.807) is 30.3 Å². The Bertz CT molecular complexity index is 890. The quantitative estimate of drug-likeness (QED) is 0.745. The molecular formula is C18H17NO4S. The van der Waals surface area contributed by atoms with E-state index in [-0.39, 0.29) is 10.6 Å². The van der Waals surface area contributed by atoms with E-state index in [0.717, 1.165) is 5.56 Å². The first kappa shape index (κ1) is 16.3. The fourth-order valence-corrected chi connectivity index (χ4v) is 3.81. The first-order valence-corrected chi connectivity index (χ1v) is 8.84. The van der Waals surface area contributed by atoms with Gasteiger partial charge in [0, 0.05) is 0 Å². The molecule has 1 aromatic heterocycles. The molecule has 0 aliphatic heterocycles. The van der Waals surface area contributed by atoms with Gasteiger partial charge in [-0.25, -0.2) is 8.42 Å². The van der Waals surface area contributed by atoms with Crippen molar-refractivity contribution in [2.24, 2.45) is 0 Å². The molecule has 5 nitrogen and oxygen atoms in total. The molecule has 0 saturated heterocycles. The molecule has 0 bridgehead atoms. The van der Waals surface area contributed by atoms with Crippen LogP contribution in [-0.2, 0) is 10.0 Å². The van der Waals surface area contributed by atoms with Crippen molar-refractivity contribution in [2.45, 2.75) is 10.9 Å². The van der Waals surface area contributed by atoms with Gasteiger partial charge in [0.2, 0.25) is 10.0 Å². The van der Waals surface area contributed by atoms with Crippen molar-refractivity contribution in [3.05, 3.63) is 84.3 Å². The molecule has 0 aliphatic carbocycles. The van der Waals surface area contributed by atoms with Crippen LogP contribution in [0.2, 0.25) is 0 Å². The maximum Gasteiger partial charge on any atom is 0.245 e. The molecule has 0 radical (unpaired) electrons. The zero-order chi connectivity index (χ0) is 17.0. The van der Waals surface area contributed by atoms with Gasteiger partial charge in [-0.2, -0.15) is 4.72 Å². The average Bonchev–Trinajstić information content (AvgIpc) is 3.15. The molecule has 0 unspecified atom stereocenters. The molecule has 24 heavy (non-hydrogen) atoms. The summed E-state index contributed by atoms with van der Waals surface area (Å²) in [7, 11) is -2.37. The molecule has 0 amide bonds. The van der Waals surface area contributed by atoms with Crippen LogP contribution in [0.5, 0.6) is 5.75 Å². The van der Waals surface area contributed by atoms with E-state index >= 15 is 0 Å². The van der Waals surface area contributed by atoms with Crippen LogP contribution < -0.4 is 9.46 Å². The lowest BCUT2D eigenvalue weighted by molar-refractivity contribution is 0.401. The second-order valence-corrected chi connectivity index (χ2v) is 6.81. The van der Waals surface area contributed by atoms with Crippen molar-refractivity contribution < 1.29 is 17.6 Å². The van der Waals surface area contributed by atoms with E-state index in [0.29, 0.717) is 5.76 Å². The van der Waals surface area contributed by atoms with Gasteiger partial charge in [0.15, 0.2) is 0 Å². The van der Waals surface area contributed by atoms with Crippen molar-refractivity contribution in [1.82, 2.24) is 4.72 Å². The van der Waals surface area contributed by atoms with Crippen LogP contribution in [0.25, 0.3) is 0 Å². The van der Waals surface area contributed by atoms with Gasteiger partial charge in [0.1, 0.15) is 22.4 Å². The zero-order valence-corrected chi connectivity index (χ0v) is 13.9. The summed E-state index contributed by atoms with van der Waals surface area (Å²) < 4.78 is 39.0. The highest BCUT2D eigenvalue weighted by Gasteiger charge is 2.26. The Morgan fingerprint density at radius 3 is 2.33 bits per heavy atom. The first-order valence-electron chi connectivity index (χ1n) is 7.35. The topological polar surface area (TPSA) is 68.5 Å². The monoisotopic (exact) mass is 343 g/mol. The van der Waals surface area contributed by atoms with E-state index < -0.39 is 16.1 Å². The molecule has 2 aromatic carbocycles. The fraction of sp³-hybridized carbons (Fsp3) is 0.111. The van der Waals surface area contributed by atoms with Crippen molar-refractivity contribution in [1.29, 1.82) is 0 Å². The van der Waals surface area contributed by atoms with E-state index in [2.05, 4.69) is 4.72 Å². The Labute approximate surface area is 140 Å². The maximum atomic E-state index is 12.9. The molecule has 1 heterocycles. The second kappa shape index (κ2) is 6.90. The van der Waals surface area contributed by atoms with Crippen LogP contribution in [-0.4, -0.2) is 15.5 Å². The molecule has 1 atom stereocenters. The minimum absolute atomic E-state index is 0.0833. The predicted octanol–water partition coefficient (Wildman–Crippen LogP) is 3.36. The van der Waals surface area contributed by atoms with Crippen molar-refractivity contribution in [3.8, 4) is 5.75 Å². The number of hydrogen-bond acceptors (Lipinski definition) is 4. The largest absolute Gasteiger partial charge is 0.495 e. The lowest BCUT2D eigenvalue weighted by atomic mass is 10.1. The lowest BCUT2D eigenvalue weighted by Crippen LogP contribution is -2.29. The van der Waals surface area contributed by atoms with Gasteiger partial charge in [-0.15, -0.1) is 0 Å². The summed E-state index contributed by atoms with van der Waals surface area (Å²) in [5.41, 5.74) is 0.783. The van der Waals surface area contributed by atoms with Gasteiger partial charge >= 0.3 is 0 Å². The summed E-state index contributed by atoms with van der Waals surface area (Å²) in [6.45, 7) is 0. The highest BCUT2D eigenvalue weighted by atomic mass is 32.2. The van der Waals surface area contributed by atoms with E-state index in [1.807, 2.05) is 30.3 Å². The Hall–Kier alpha value is -2.57. The van der Waals surface area contributed by atoms with Crippen LogP contribution in [0.1, 0.15) is 17.4 Å². The van der Waals surface area contributed by atoms with Crippen molar-refractivity contribution in [3.63, 3.8) is 0 Å². The van der Waals surface area contributed by atoms with Crippen LogP contribution >= 0.6 is 0 Å². The Kier molecular flexibility index (Phi) is 4.69. The summed E-state index contributed by atoms with van der Waals surface area (Å²) in [5.74, 6) is 0.802. The first-order chi connectivity index (χ1) is 11.6. The number of nitrogens with one attached hydrogen (secondary N) is 1. The van der Waals surface area contributed by atoms with Crippen LogP contribution in [0.3, 0.4) is 0 Å². The molecule has 0 aliphatic rings. The predicted molar refractivity (Wildman–Crippen MR) is 90.3 cm³/mol. The molecule has 0 saturated carbocycles. The SMILES string of the molecule is COc1ccccc1S(=O)(=O)N[C@@H](c1ccccc1)c1ccco1. The normalized spacial score (nSPS) is 12.7. The third kappa shape index (κ3) is 3.34. The Morgan fingerprint density at radius 2 is 1.67 bits per heavy atom. The standard InChI is InChI=1S/C18H17NO4S/c1-22-15-10-5-6-12-17(15)24(20,21)19-18(16-11-7-13-23-16)14-8-3-2-4-9-14/h2-13,18-19H,1H3/t18-/m0/s1. The number of para-hydroxylation sites is 1. The van der Waals surface area contributed by atoms with Crippen molar-refractivity contribution >= 4 is 10.0 Å². The minimum atomic E-state index is -3.81. The zero-order valence-electron chi connectivity index (χ0n) is 13.0. The number of sulfonamides is 1. The molecule has 6 heteroatoms. The van der Waals surface area contributed by atoms with Gasteiger partial charge < -0.3 is 9.15 Å². The van der Waals surface area contributed by atoms with E-state index in [9.17, 15) is 8.42 Å². The van der Waals surface area contributed by atoms with Crippen LogP contribution in [0.15, 0.2) is 82.3 Å². The lowest BCUT2D eigenvalue weighted by Gasteiger charge is -2.18. The number of rotatable bonds is 6. The minimum Gasteiger partial charge on any atom is -0.495 e. The van der Waals surface area contributed by atoms with E-state index in [1.165, 1.54) is 19.4 Å². The molecular weight excluding hydrogens is 326 g/mol. The Morgan fingerprint density at radius 1 is 0.958 bits per heavy atom. The number of benzene rings is 2. The summed E-state index contributed by atoms with van der Waals surface area (Å²) in [6, 6.07) is 18.6. The smallest absolute Gasteiger partial charge is 0.245 e. The number of hydrogen-bond donors (Lipinski definition) is 1. The highest BCUT2D eigenvalue weighted by molar-refractivity contribution is 7.89.